The first-order chi connectivity index (χ1) is 9.74. The van der Waals surface area contributed by atoms with Crippen LogP contribution in [0.2, 0.25) is 0 Å². The first-order valence-electron chi connectivity index (χ1n) is 6.28. The highest BCUT2D eigenvalue weighted by molar-refractivity contribution is 5.87. The van der Waals surface area contributed by atoms with Crippen LogP contribution in [-0.4, -0.2) is 57.7 Å². The van der Waals surface area contributed by atoms with E-state index in [1.165, 1.54) is 0 Å². The summed E-state index contributed by atoms with van der Waals surface area (Å²) in [6.45, 7) is 2.49. The van der Waals surface area contributed by atoms with Crippen molar-refractivity contribution in [2.45, 2.75) is 0 Å². The molecule has 0 aromatic carbocycles. The second-order valence-electron chi connectivity index (χ2n) is 3.80. The van der Waals surface area contributed by atoms with Gasteiger partial charge in [0.25, 0.3) is 0 Å². The van der Waals surface area contributed by atoms with Gasteiger partial charge in [0.1, 0.15) is 12.4 Å². The molecule has 1 heterocycles. The fraction of sp³-hybridized carbons (Fsp3) is 0.538. The molecule has 1 aromatic rings. The normalized spacial score (nSPS) is 10.4. The number of carbonyl (C=O) groups is 1. The highest BCUT2D eigenvalue weighted by Gasteiger charge is 2.08. The van der Waals surface area contributed by atoms with E-state index in [1.54, 1.807) is 25.3 Å². The Balaban J connectivity index is 2.02. The average Bonchev–Trinajstić information content (AvgIpc) is 2.45. The van der Waals surface area contributed by atoms with Crippen LogP contribution in [0.4, 0.5) is 5.82 Å². The fourth-order valence-electron chi connectivity index (χ4n) is 1.30. The van der Waals surface area contributed by atoms with Crippen molar-refractivity contribution in [1.29, 1.82) is 0 Å². The molecule has 0 aliphatic heterocycles. The van der Waals surface area contributed by atoms with Gasteiger partial charge in [-0.1, -0.05) is 6.07 Å². The molecule has 7 heteroatoms. The summed E-state index contributed by atoms with van der Waals surface area (Å²) in [4.78, 5) is 15.4. The van der Waals surface area contributed by atoms with Gasteiger partial charge in [-0.3, -0.25) is 0 Å². The Morgan fingerprint density at radius 3 is 2.40 bits per heavy atom. The number of carbonyl (C=O) groups excluding carboxylic acids is 1. The topological polar surface area (TPSA) is 92.9 Å². The lowest BCUT2D eigenvalue weighted by atomic mass is 10.3. The van der Waals surface area contributed by atoms with E-state index in [-0.39, 0.29) is 18.1 Å². The van der Waals surface area contributed by atoms with Crippen molar-refractivity contribution in [2.24, 2.45) is 0 Å². The highest BCUT2D eigenvalue weighted by Crippen LogP contribution is 2.02. The minimum absolute atomic E-state index is 0.160. The Bertz CT molecular complexity index is 400. The molecule has 7 nitrogen and oxygen atoms in total. The van der Waals surface area contributed by atoms with Gasteiger partial charge < -0.3 is 24.7 Å². The molecule has 0 aliphatic rings. The number of esters is 1. The number of nitrogen functional groups attached to an aromatic ring is 1. The molecule has 20 heavy (non-hydrogen) atoms. The van der Waals surface area contributed by atoms with E-state index in [9.17, 15) is 4.79 Å². The number of ether oxygens (including phenoxy) is 4. The third-order valence-electron chi connectivity index (χ3n) is 2.24. The van der Waals surface area contributed by atoms with Crippen molar-refractivity contribution >= 4 is 11.8 Å². The van der Waals surface area contributed by atoms with E-state index < -0.39 is 5.97 Å². The molecule has 0 amide bonds. The third-order valence-corrected chi connectivity index (χ3v) is 2.24. The minimum atomic E-state index is -0.516. The van der Waals surface area contributed by atoms with Crippen molar-refractivity contribution < 1.29 is 23.7 Å². The summed E-state index contributed by atoms with van der Waals surface area (Å²) in [5.74, 6) is -0.235. The molecule has 0 radical (unpaired) electrons. The molecule has 1 aromatic heterocycles. The number of aromatic nitrogens is 1. The summed E-state index contributed by atoms with van der Waals surface area (Å²) in [6.07, 6.45) is 0. The lowest BCUT2D eigenvalue weighted by molar-refractivity contribution is 0.00549. The predicted molar refractivity (Wildman–Crippen MR) is 72.4 cm³/mol. The molecule has 0 saturated carbocycles. The number of hydrogen-bond donors (Lipinski definition) is 1. The van der Waals surface area contributed by atoms with Gasteiger partial charge in [-0.05, 0) is 12.1 Å². The third kappa shape index (κ3) is 7.03. The summed E-state index contributed by atoms with van der Waals surface area (Å²) < 4.78 is 20.2. The van der Waals surface area contributed by atoms with Crippen LogP contribution in [0.25, 0.3) is 0 Å². The van der Waals surface area contributed by atoms with Crippen molar-refractivity contribution in [3.63, 3.8) is 0 Å². The van der Waals surface area contributed by atoms with E-state index in [2.05, 4.69) is 4.98 Å². The standard InChI is InChI=1S/C13H20N2O5/c1-17-5-6-18-7-8-19-9-10-20-13(16)11-3-2-4-12(14)15-11/h2-4H,5-10H2,1H3,(H2,14,15). The molecular formula is C13H20N2O5. The van der Waals surface area contributed by atoms with E-state index in [0.717, 1.165) is 0 Å². The Morgan fingerprint density at radius 1 is 1.10 bits per heavy atom. The Hall–Kier alpha value is -1.70. The SMILES string of the molecule is COCCOCCOCCOC(=O)c1cccc(N)n1. The number of methoxy groups -OCH3 is 1. The smallest absolute Gasteiger partial charge is 0.357 e. The van der Waals surface area contributed by atoms with Gasteiger partial charge in [0, 0.05) is 7.11 Å². The largest absolute Gasteiger partial charge is 0.459 e. The molecule has 0 bridgehead atoms. The molecule has 0 atom stereocenters. The molecule has 0 spiro atoms. The maximum absolute atomic E-state index is 11.6. The Kier molecular flexibility index (Phi) is 8.28. The summed E-state index contributed by atoms with van der Waals surface area (Å²) >= 11 is 0. The van der Waals surface area contributed by atoms with Gasteiger partial charge in [0.05, 0.1) is 33.0 Å². The number of pyridine rings is 1. The molecule has 0 aliphatic carbocycles. The Morgan fingerprint density at radius 2 is 1.75 bits per heavy atom. The highest BCUT2D eigenvalue weighted by atomic mass is 16.6. The maximum atomic E-state index is 11.6. The molecule has 0 unspecified atom stereocenters. The summed E-state index contributed by atoms with van der Waals surface area (Å²) in [5.41, 5.74) is 5.66. The zero-order valence-corrected chi connectivity index (χ0v) is 11.5. The maximum Gasteiger partial charge on any atom is 0.357 e. The monoisotopic (exact) mass is 284 g/mol. The van der Waals surface area contributed by atoms with Gasteiger partial charge in [-0.2, -0.15) is 0 Å². The summed E-state index contributed by atoms with van der Waals surface area (Å²) in [5, 5.41) is 0. The van der Waals surface area contributed by atoms with E-state index in [1.807, 2.05) is 0 Å². The zero-order valence-electron chi connectivity index (χ0n) is 11.5. The summed E-state index contributed by atoms with van der Waals surface area (Å²) in [6, 6.07) is 4.79. The van der Waals surface area contributed by atoms with Crippen molar-refractivity contribution in [1.82, 2.24) is 4.98 Å². The molecule has 2 N–H and O–H groups in total. The van der Waals surface area contributed by atoms with Gasteiger partial charge in [0.2, 0.25) is 0 Å². The first kappa shape index (κ1) is 16.4. The van der Waals surface area contributed by atoms with Crippen LogP contribution < -0.4 is 5.73 Å². The average molecular weight is 284 g/mol. The van der Waals surface area contributed by atoms with Crippen molar-refractivity contribution in [3.8, 4) is 0 Å². The van der Waals surface area contributed by atoms with Crippen molar-refractivity contribution in [3.05, 3.63) is 23.9 Å². The quantitative estimate of drug-likeness (QED) is 0.494. The zero-order chi connectivity index (χ0) is 14.6. The van der Waals surface area contributed by atoms with Gasteiger partial charge in [0.15, 0.2) is 5.69 Å². The summed E-state index contributed by atoms with van der Waals surface area (Å²) in [7, 11) is 1.61. The van der Waals surface area contributed by atoms with Crippen LogP contribution in [-0.2, 0) is 18.9 Å². The van der Waals surface area contributed by atoms with Crippen molar-refractivity contribution in [2.75, 3.05) is 52.5 Å². The first-order valence-corrected chi connectivity index (χ1v) is 6.28. The van der Waals surface area contributed by atoms with E-state index in [0.29, 0.717) is 33.0 Å². The van der Waals surface area contributed by atoms with Crippen LogP contribution in [0.1, 0.15) is 10.5 Å². The lowest BCUT2D eigenvalue weighted by Crippen LogP contribution is -2.14. The van der Waals surface area contributed by atoms with Gasteiger partial charge in [-0.15, -0.1) is 0 Å². The molecule has 0 saturated heterocycles. The van der Waals surface area contributed by atoms with E-state index in [4.69, 9.17) is 24.7 Å². The molecular weight excluding hydrogens is 264 g/mol. The second kappa shape index (κ2) is 10.1. The Labute approximate surface area is 118 Å². The predicted octanol–water partition coefficient (Wildman–Crippen LogP) is 0.500. The van der Waals surface area contributed by atoms with Crippen LogP contribution >= 0.6 is 0 Å². The molecule has 0 fully saturated rings. The lowest BCUT2D eigenvalue weighted by Gasteiger charge is -2.06. The number of rotatable bonds is 10. The van der Waals surface area contributed by atoms with Crippen LogP contribution in [0, 0.1) is 0 Å². The number of nitrogens with zero attached hydrogens (tertiary/aromatic N) is 1. The fourth-order valence-corrected chi connectivity index (χ4v) is 1.30. The van der Waals surface area contributed by atoms with Gasteiger partial charge in [-0.25, -0.2) is 9.78 Å². The van der Waals surface area contributed by atoms with Crippen LogP contribution in [0.3, 0.4) is 0 Å². The molecule has 112 valence electrons. The number of hydrogen-bond acceptors (Lipinski definition) is 7. The van der Waals surface area contributed by atoms with Crippen LogP contribution in [0.5, 0.6) is 0 Å². The van der Waals surface area contributed by atoms with E-state index >= 15 is 0 Å². The number of nitrogens with two attached hydrogens (primary N) is 1. The van der Waals surface area contributed by atoms with Gasteiger partial charge >= 0.3 is 5.97 Å². The molecule has 1 rings (SSSR count). The minimum Gasteiger partial charge on any atom is -0.459 e. The second-order valence-corrected chi connectivity index (χ2v) is 3.80. The number of anilines is 1. The van der Waals surface area contributed by atoms with Crippen LogP contribution in [0.15, 0.2) is 18.2 Å².